The van der Waals surface area contributed by atoms with Crippen molar-refractivity contribution >= 4 is 15.7 Å². The van der Waals surface area contributed by atoms with Crippen LogP contribution in [0.4, 0.5) is 0 Å². The van der Waals surface area contributed by atoms with Crippen LogP contribution in [-0.4, -0.2) is 56.5 Å². The highest BCUT2D eigenvalue weighted by Crippen LogP contribution is 2.21. The van der Waals surface area contributed by atoms with Gasteiger partial charge in [0.15, 0.2) is 9.84 Å². The lowest BCUT2D eigenvalue weighted by molar-refractivity contribution is -0.127. The van der Waals surface area contributed by atoms with Crippen molar-refractivity contribution in [3.05, 3.63) is 0 Å². The van der Waals surface area contributed by atoms with Gasteiger partial charge in [0.05, 0.1) is 23.8 Å². The highest BCUT2D eigenvalue weighted by molar-refractivity contribution is 7.92. The van der Waals surface area contributed by atoms with E-state index in [0.29, 0.717) is 13.0 Å². The molecule has 6 nitrogen and oxygen atoms in total. The van der Waals surface area contributed by atoms with E-state index >= 15 is 0 Å². The molecule has 1 rings (SSSR count). The third-order valence-corrected chi connectivity index (χ3v) is 5.27. The van der Waals surface area contributed by atoms with Gasteiger partial charge in [0.25, 0.3) is 0 Å². The number of nitriles is 1. The van der Waals surface area contributed by atoms with Crippen LogP contribution in [-0.2, 0) is 19.4 Å². The Morgan fingerprint density at radius 2 is 2.22 bits per heavy atom. The van der Waals surface area contributed by atoms with E-state index < -0.39 is 26.7 Å². The zero-order valence-electron chi connectivity index (χ0n) is 10.6. The SMILES string of the molecule is CC1OCCC1S(=O)(=O)CC(=O)N(C)CCC#N. The fourth-order valence-corrected chi connectivity index (χ4v) is 3.81. The van der Waals surface area contributed by atoms with Crippen LogP contribution in [0.1, 0.15) is 19.8 Å². The van der Waals surface area contributed by atoms with Gasteiger partial charge < -0.3 is 9.64 Å². The van der Waals surface area contributed by atoms with E-state index in [-0.39, 0.29) is 19.1 Å². The molecule has 0 aromatic rings. The van der Waals surface area contributed by atoms with Crippen LogP contribution in [0.2, 0.25) is 0 Å². The highest BCUT2D eigenvalue weighted by Gasteiger charge is 2.37. The van der Waals surface area contributed by atoms with Gasteiger partial charge in [-0.1, -0.05) is 0 Å². The third-order valence-electron chi connectivity index (χ3n) is 3.08. The van der Waals surface area contributed by atoms with E-state index in [4.69, 9.17) is 10.00 Å². The van der Waals surface area contributed by atoms with Gasteiger partial charge in [-0.05, 0) is 13.3 Å². The Kier molecular flexibility index (Phi) is 5.11. The average Bonchev–Trinajstić information content (AvgIpc) is 2.72. The van der Waals surface area contributed by atoms with E-state index in [1.807, 2.05) is 6.07 Å². The Morgan fingerprint density at radius 1 is 1.56 bits per heavy atom. The first-order valence-corrected chi connectivity index (χ1v) is 7.54. The zero-order chi connectivity index (χ0) is 13.8. The van der Waals surface area contributed by atoms with Gasteiger partial charge in [-0.2, -0.15) is 5.26 Å². The van der Waals surface area contributed by atoms with Gasteiger partial charge >= 0.3 is 0 Å². The van der Waals surface area contributed by atoms with Crippen molar-refractivity contribution < 1.29 is 17.9 Å². The maximum Gasteiger partial charge on any atom is 0.237 e. The summed E-state index contributed by atoms with van der Waals surface area (Å²) in [6, 6.07) is 1.92. The van der Waals surface area contributed by atoms with Crippen molar-refractivity contribution in [2.24, 2.45) is 0 Å². The summed E-state index contributed by atoms with van der Waals surface area (Å²) in [5.41, 5.74) is 0. The molecule has 1 amide bonds. The standard InChI is InChI=1S/C11H18N2O4S/c1-9-10(4-7-17-9)18(15,16)8-11(14)13(2)6-3-5-12/h9-10H,3-4,6-8H2,1-2H3. The van der Waals surface area contributed by atoms with Crippen molar-refractivity contribution in [3.8, 4) is 6.07 Å². The van der Waals surface area contributed by atoms with Crippen LogP contribution >= 0.6 is 0 Å². The second kappa shape index (κ2) is 6.16. The van der Waals surface area contributed by atoms with E-state index in [9.17, 15) is 13.2 Å². The third kappa shape index (κ3) is 3.68. The lowest BCUT2D eigenvalue weighted by Gasteiger charge is -2.18. The van der Waals surface area contributed by atoms with Crippen LogP contribution in [0.3, 0.4) is 0 Å². The molecule has 2 atom stereocenters. The first-order chi connectivity index (χ1) is 8.38. The Bertz CT molecular complexity index is 440. The molecule has 1 aliphatic heterocycles. The second-order valence-corrected chi connectivity index (χ2v) is 6.65. The normalized spacial score (nSPS) is 23.6. The lowest BCUT2D eigenvalue weighted by Crippen LogP contribution is -2.38. The Balaban J connectivity index is 2.60. The molecule has 102 valence electrons. The van der Waals surface area contributed by atoms with Gasteiger partial charge in [-0.25, -0.2) is 8.42 Å². The summed E-state index contributed by atoms with van der Waals surface area (Å²) in [4.78, 5) is 13.0. The van der Waals surface area contributed by atoms with Crippen molar-refractivity contribution in [3.63, 3.8) is 0 Å². The lowest BCUT2D eigenvalue weighted by atomic mass is 10.3. The van der Waals surface area contributed by atoms with Crippen LogP contribution in [0.25, 0.3) is 0 Å². The summed E-state index contributed by atoms with van der Waals surface area (Å²) in [5, 5.41) is 7.82. The van der Waals surface area contributed by atoms with Gasteiger partial charge in [0, 0.05) is 20.2 Å². The highest BCUT2D eigenvalue weighted by atomic mass is 32.2. The number of amides is 1. The van der Waals surface area contributed by atoms with Crippen LogP contribution in [0, 0.1) is 11.3 Å². The number of sulfone groups is 1. The van der Waals surface area contributed by atoms with Crippen molar-refractivity contribution in [1.29, 1.82) is 5.26 Å². The number of ether oxygens (including phenoxy) is 1. The molecular weight excluding hydrogens is 256 g/mol. The second-order valence-electron chi connectivity index (χ2n) is 4.43. The van der Waals surface area contributed by atoms with E-state index in [0.717, 1.165) is 0 Å². The van der Waals surface area contributed by atoms with Gasteiger partial charge in [-0.3, -0.25) is 4.79 Å². The Hall–Kier alpha value is -1.13. The predicted molar refractivity (Wildman–Crippen MR) is 65.5 cm³/mol. The molecule has 0 aliphatic carbocycles. The summed E-state index contributed by atoms with van der Waals surface area (Å²) < 4.78 is 29.3. The number of nitrogens with zero attached hydrogens (tertiary/aromatic N) is 2. The molecule has 0 aromatic carbocycles. The molecule has 0 saturated carbocycles. The molecular formula is C11H18N2O4S. The minimum Gasteiger partial charge on any atom is -0.377 e. The summed E-state index contributed by atoms with van der Waals surface area (Å²) in [5.74, 6) is -0.975. The largest absolute Gasteiger partial charge is 0.377 e. The maximum atomic E-state index is 12.0. The van der Waals surface area contributed by atoms with Crippen LogP contribution in [0.5, 0.6) is 0 Å². The molecule has 7 heteroatoms. The molecule has 1 aliphatic rings. The Morgan fingerprint density at radius 3 is 2.72 bits per heavy atom. The minimum absolute atomic E-state index is 0.200. The summed E-state index contributed by atoms with van der Waals surface area (Å²) in [6.07, 6.45) is 0.288. The Labute approximate surface area is 107 Å². The first kappa shape index (κ1) is 14.9. The maximum absolute atomic E-state index is 12.0. The number of hydrogen-bond acceptors (Lipinski definition) is 5. The molecule has 0 bridgehead atoms. The molecule has 0 N–H and O–H groups in total. The van der Waals surface area contributed by atoms with Gasteiger partial charge in [0.1, 0.15) is 5.75 Å². The van der Waals surface area contributed by atoms with Crippen molar-refractivity contribution in [2.45, 2.75) is 31.1 Å². The van der Waals surface area contributed by atoms with Crippen LogP contribution in [0.15, 0.2) is 0 Å². The van der Waals surface area contributed by atoms with Gasteiger partial charge in [-0.15, -0.1) is 0 Å². The average molecular weight is 274 g/mol. The van der Waals surface area contributed by atoms with E-state index in [2.05, 4.69) is 0 Å². The molecule has 1 saturated heterocycles. The zero-order valence-corrected chi connectivity index (χ0v) is 11.4. The quantitative estimate of drug-likeness (QED) is 0.701. The predicted octanol–water partition coefficient (Wildman–Crippen LogP) is -0.0493. The van der Waals surface area contributed by atoms with Crippen molar-refractivity contribution in [1.82, 2.24) is 4.90 Å². The molecule has 1 fully saturated rings. The monoisotopic (exact) mass is 274 g/mol. The smallest absolute Gasteiger partial charge is 0.237 e. The first-order valence-electron chi connectivity index (χ1n) is 5.82. The van der Waals surface area contributed by atoms with E-state index in [1.165, 1.54) is 11.9 Å². The number of rotatable bonds is 5. The van der Waals surface area contributed by atoms with Crippen LogP contribution < -0.4 is 0 Å². The van der Waals surface area contributed by atoms with E-state index in [1.54, 1.807) is 6.92 Å². The molecule has 0 aromatic heterocycles. The number of carbonyl (C=O) groups excluding carboxylic acids is 1. The number of carbonyl (C=O) groups is 1. The fraction of sp³-hybridized carbons (Fsp3) is 0.818. The molecule has 0 spiro atoms. The summed E-state index contributed by atoms with van der Waals surface area (Å²) >= 11 is 0. The number of hydrogen-bond donors (Lipinski definition) is 0. The summed E-state index contributed by atoms with van der Waals surface area (Å²) in [7, 11) is -1.97. The van der Waals surface area contributed by atoms with Gasteiger partial charge in [0.2, 0.25) is 5.91 Å². The fourth-order valence-electron chi connectivity index (χ4n) is 1.92. The minimum atomic E-state index is -3.48. The summed E-state index contributed by atoms with van der Waals surface area (Å²) in [6.45, 7) is 2.38. The van der Waals surface area contributed by atoms with Crippen molar-refractivity contribution in [2.75, 3.05) is 26.0 Å². The molecule has 18 heavy (non-hydrogen) atoms. The topological polar surface area (TPSA) is 87.5 Å². The molecule has 2 unspecified atom stereocenters. The molecule has 0 radical (unpaired) electrons. The molecule has 1 heterocycles.